The molecule has 22 heavy (non-hydrogen) atoms. The van der Waals surface area contributed by atoms with E-state index in [9.17, 15) is 0 Å². The van der Waals surface area contributed by atoms with Crippen molar-refractivity contribution in [3.05, 3.63) is 33.1 Å². The molecule has 7 heteroatoms. The molecule has 0 amide bonds. The molecule has 1 saturated heterocycles. The van der Waals surface area contributed by atoms with E-state index in [1.165, 1.54) is 8.66 Å². The minimum Gasteiger partial charge on any atom is -0.366 e. The molecular weight excluding hydrogens is 362 g/mol. The first-order chi connectivity index (χ1) is 10.6. The van der Waals surface area contributed by atoms with Crippen LogP contribution in [0, 0.1) is 0 Å². The Kier molecular flexibility index (Phi) is 4.95. The Bertz CT molecular complexity index is 630. The highest BCUT2D eigenvalue weighted by atomic mass is 79.9. The van der Waals surface area contributed by atoms with Gasteiger partial charge in [-0.1, -0.05) is 0 Å². The van der Waals surface area contributed by atoms with E-state index in [1.807, 2.05) is 36.4 Å². The minimum absolute atomic E-state index is 0.452. The lowest BCUT2D eigenvalue weighted by atomic mass is 10.2. The molecule has 0 spiro atoms. The van der Waals surface area contributed by atoms with Gasteiger partial charge in [-0.05, 0) is 40.5 Å². The van der Waals surface area contributed by atoms with E-state index in [0.717, 1.165) is 37.8 Å². The summed E-state index contributed by atoms with van der Waals surface area (Å²) in [5, 5.41) is 3.53. The molecule has 0 saturated carbocycles. The van der Waals surface area contributed by atoms with Gasteiger partial charge in [0, 0.05) is 50.8 Å². The van der Waals surface area contributed by atoms with Gasteiger partial charge >= 0.3 is 0 Å². The third-order valence-electron chi connectivity index (χ3n) is 3.68. The molecule has 0 aliphatic carbocycles. The Morgan fingerprint density at radius 2 is 2.27 bits per heavy atom. The topological polar surface area (TPSA) is 44.3 Å². The summed E-state index contributed by atoms with van der Waals surface area (Å²) in [6, 6.07) is 6.71. The van der Waals surface area contributed by atoms with Gasteiger partial charge < -0.3 is 10.2 Å². The molecule has 1 N–H and O–H groups in total. The number of nitrogens with one attached hydrogen (secondary N) is 1. The molecule has 3 heterocycles. The van der Waals surface area contributed by atoms with Gasteiger partial charge in [0.1, 0.15) is 5.82 Å². The van der Waals surface area contributed by atoms with Crippen LogP contribution >= 0.6 is 27.3 Å². The standard InChI is InChI=1S/C15H20BrN5S/c1-20(2)15-17-7-5-14(19-15)18-11-6-8-21(9-11)10-12-3-4-13(16)22-12/h3-5,7,11H,6,8-10H2,1-2H3,(H,17,18,19). The molecule has 0 aromatic carbocycles. The zero-order chi connectivity index (χ0) is 15.5. The molecule has 118 valence electrons. The minimum atomic E-state index is 0.452. The van der Waals surface area contributed by atoms with Crippen LogP contribution in [0.1, 0.15) is 11.3 Å². The van der Waals surface area contributed by atoms with Gasteiger partial charge in [0.05, 0.1) is 3.79 Å². The Labute approximate surface area is 143 Å². The lowest BCUT2D eigenvalue weighted by Gasteiger charge is -2.17. The van der Waals surface area contributed by atoms with Crippen molar-refractivity contribution in [2.24, 2.45) is 0 Å². The van der Waals surface area contributed by atoms with Crippen molar-refractivity contribution < 1.29 is 0 Å². The number of aromatic nitrogens is 2. The SMILES string of the molecule is CN(C)c1nccc(NC2CCN(Cc3ccc(Br)s3)C2)n1. The predicted octanol–water partition coefficient (Wildman–Crippen LogP) is 3.05. The van der Waals surface area contributed by atoms with E-state index in [1.54, 1.807) is 6.20 Å². The molecule has 2 aromatic heterocycles. The van der Waals surface area contributed by atoms with Crippen LogP contribution < -0.4 is 10.2 Å². The monoisotopic (exact) mass is 381 g/mol. The van der Waals surface area contributed by atoms with Gasteiger partial charge in [0.25, 0.3) is 0 Å². The normalized spacial score (nSPS) is 18.6. The average Bonchev–Trinajstić information content (AvgIpc) is 3.09. The van der Waals surface area contributed by atoms with Crippen LogP contribution in [-0.4, -0.2) is 48.1 Å². The zero-order valence-electron chi connectivity index (χ0n) is 12.8. The van der Waals surface area contributed by atoms with E-state index in [2.05, 4.69) is 48.2 Å². The fourth-order valence-electron chi connectivity index (χ4n) is 2.60. The van der Waals surface area contributed by atoms with Crippen LogP contribution in [0.2, 0.25) is 0 Å². The van der Waals surface area contributed by atoms with E-state index >= 15 is 0 Å². The maximum absolute atomic E-state index is 4.53. The van der Waals surface area contributed by atoms with Crippen LogP contribution in [-0.2, 0) is 6.54 Å². The maximum Gasteiger partial charge on any atom is 0.226 e. The van der Waals surface area contributed by atoms with Gasteiger partial charge in [-0.15, -0.1) is 11.3 Å². The lowest BCUT2D eigenvalue weighted by Crippen LogP contribution is -2.26. The Morgan fingerprint density at radius 3 is 3.00 bits per heavy atom. The van der Waals surface area contributed by atoms with Gasteiger partial charge in [0.2, 0.25) is 5.95 Å². The van der Waals surface area contributed by atoms with Crippen molar-refractivity contribution >= 4 is 39.0 Å². The molecule has 2 aromatic rings. The van der Waals surface area contributed by atoms with Gasteiger partial charge in [-0.2, -0.15) is 4.98 Å². The highest BCUT2D eigenvalue weighted by Crippen LogP contribution is 2.25. The first-order valence-corrected chi connectivity index (χ1v) is 8.94. The molecular formula is C15H20BrN5S. The smallest absolute Gasteiger partial charge is 0.226 e. The van der Waals surface area contributed by atoms with Gasteiger partial charge in [-0.25, -0.2) is 4.98 Å². The van der Waals surface area contributed by atoms with Crippen LogP contribution in [0.15, 0.2) is 28.2 Å². The summed E-state index contributed by atoms with van der Waals surface area (Å²) in [5.41, 5.74) is 0. The van der Waals surface area contributed by atoms with Crippen molar-refractivity contribution in [2.75, 3.05) is 37.4 Å². The number of halogens is 1. The summed E-state index contributed by atoms with van der Waals surface area (Å²) in [6.45, 7) is 3.21. The van der Waals surface area contributed by atoms with Crippen molar-refractivity contribution in [1.82, 2.24) is 14.9 Å². The number of hydrogen-bond donors (Lipinski definition) is 1. The Balaban J connectivity index is 1.55. The Hall–Kier alpha value is -1.18. The maximum atomic E-state index is 4.53. The number of hydrogen-bond acceptors (Lipinski definition) is 6. The molecule has 0 bridgehead atoms. The molecule has 5 nitrogen and oxygen atoms in total. The van der Waals surface area contributed by atoms with Gasteiger partial charge in [0.15, 0.2) is 0 Å². The van der Waals surface area contributed by atoms with E-state index in [-0.39, 0.29) is 0 Å². The van der Waals surface area contributed by atoms with Crippen molar-refractivity contribution in [2.45, 2.75) is 19.0 Å². The third kappa shape index (κ3) is 3.97. The summed E-state index contributed by atoms with van der Waals surface area (Å²) < 4.78 is 1.20. The fourth-order valence-corrected chi connectivity index (χ4v) is 4.13. The summed E-state index contributed by atoms with van der Waals surface area (Å²) >= 11 is 5.34. The van der Waals surface area contributed by atoms with E-state index < -0.39 is 0 Å². The second kappa shape index (κ2) is 6.93. The molecule has 1 fully saturated rings. The Morgan fingerprint density at radius 1 is 1.41 bits per heavy atom. The second-order valence-electron chi connectivity index (χ2n) is 5.71. The van der Waals surface area contributed by atoms with E-state index in [0.29, 0.717) is 6.04 Å². The second-order valence-corrected chi connectivity index (χ2v) is 8.25. The predicted molar refractivity (Wildman–Crippen MR) is 95.7 cm³/mol. The lowest BCUT2D eigenvalue weighted by molar-refractivity contribution is 0.331. The van der Waals surface area contributed by atoms with Crippen molar-refractivity contribution in [3.63, 3.8) is 0 Å². The number of rotatable bonds is 5. The third-order valence-corrected chi connectivity index (χ3v) is 5.28. The summed E-state index contributed by atoms with van der Waals surface area (Å²) in [6.07, 6.45) is 2.95. The largest absolute Gasteiger partial charge is 0.366 e. The molecule has 3 rings (SSSR count). The zero-order valence-corrected chi connectivity index (χ0v) is 15.2. The highest BCUT2D eigenvalue weighted by molar-refractivity contribution is 9.11. The fraction of sp³-hybridized carbons (Fsp3) is 0.467. The first-order valence-electron chi connectivity index (χ1n) is 7.33. The molecule has 1 aliphatic rings. The van der Waals surface area contributed by atoms with Crippen molar-refractivity contribution in [1.29, 1.82) is 0 Å². The van der Waals surface area contributed by atoms with Crippen LogP contribution in [0.4, 0.5) is 11.8 Å². The van der Waals surface area contributed by atoms with Crippen LogP contribution in [0.25, 0.3) is 0 Å². The number of likely N-dealkylation sites (tertiary alicyclic amines) is 1. The van der Waals surface area contributed by atoms with Gasteiger partial charge in [-0.3, -0.25) is 4.90 Å². The average molecular weight is 382 g/mol. The highest BCUT2D eigenvalue weighted by Gasteiger charge is 2.23. The van der Waals surface area contributed by atoms with E-state index in [4.69, 9.17) is 0 Å². The van der Waals surface area contributed by atoms with Crippen molar-refractivity contribution in [3.8, 4) is 0 Å². The summed E-state index contributed by atoms with van der Waals surface area (Å²) in [7, 11) is 3.91. The number of nitrogens with zero attached hydrogens (tertiary/aromatic N) is 4. The summed E-state index contributed by atoms with van der Waals surface area (Å²) in [5.74, 6) is 1.65. The number of anilines is 2. The molecule has 0 radical (unpaired) electrons. The van der Waals surface area contributed by atoms with Crippen LogP contribution in [0.3, 0.4) is 0 Å². The quantitative estimate of drug-likeness (QED) is 0.861. The molecule has 1 atom stereocenters. The molecule has 1 aliphatic heterocycles. The summed E-state index contributed by atoms with van der Waals surface area (Å²) in [4.78, 5) is 14.6. The first kappa shape index (κ1) is 15.7. The molecule has 1 unspecified atom stereocenters. The van der Waals surface area contributed by atoms with Crippen LogP contribution in [0.5, 0.6) is 0 Å². The number of thiophene rings is 1.